The van der Waals surface area contributed by atoms with Gasteiger partial charge in [0.15, 0.2) is 0 Å². The molecule has 90 valence electrons. The summed E-state index contributed by atoms with van der Waals surface area (Å²) in [5, 5.41) is 13.2. The zero-order valence-corrected chi connectivity index (χ0v) is 12.6. The maximum atomic E-state index is 10.1. The summed E-state index contributed by atoms with van der Waals surface area (Å²) in [5.41, 5.74) is 1.66. The Morgan fingerprint density at radius 2 is 1.94 bits per heavy atom. The number of rotatable bonds is 3. The lowest BCUT2D eigenvalue weighted by atomic mass is 10.0. The first kappa shape index (κ1) is 13.4. The number of aliphatic hydroxyl groups is 1. The zero-order valence-electron chi connectivity index (χ0n) is 8.66. The molecule has 1 aromatic heterocycles. The Balaban J connectivity index is 2.21. The van der Waals surface area contributed by atoms with E-state index in [2.05, 4.69) is 15.9 Å². The van der Waals surface area contributed by atoms with E-state index in [4.69, 9.17) is 23.2 Å². The normalized spacial score (nSPS) is 12.7. The predicted octanol–water partition coefficient (Wildman–Crippen LogP) is 5.09. The van der Waals surface area contributed by atoms with Crippen LogP contribution < -0.4 is 0 Å². The Kier molecular flexibility index (Phi) is 4.50. The fourth-order valence-electron chi connectivity index (χ4n) is 1.54. The summed E-state index contributed by atoms with van der Waals surface area (Å²) in [6, 6.07) is 7.25. The van der Waals surface area contributed by atoms with E-state index < -0.39 is 6.10 Å². The third-order valence-corrected chi connectivity index (χ3v) is 4.66. The Hall–Kier alpha value is -0.0600. The molecule has 2 aromatic rings. The van der Waals surface area contributed by atoms with Gasteiger partial charge < -0.3 is 5.11 Å². The molecule has 0 aliphatic heterocycles. The first-order chi connectivity index (χ1) is 8.08. The average molecular weight is 352 g/mol. The molecule has 0 aliphatic rings. The highest BCUT2D eigenvalue weighted by molar-refractivity contribution is 9.11. The van der Waals surface area contributed by atoms with Crippen molar-refractivity contribution in [1.82, 2.24) is 0 Å². The van der Waals surface area contributed by atoms with Gasteiger partial charge in [-0.2, -0.15) is 0 Å². The molecule has 0 radical (unpaired) electrons. The highest BCUT2D eigenvalue weighted by Gasteiger charge is 2.14. The van der Waals surface area contributed by atoms with Crippen molar-refractivity contribution in [2.24, 2.45) is 0 Å². The summed E-state index contributed by atoms with van der Waals surface area (Å²) in [6.07, 6.45) is -0.170. The standard InChI is InChI=1S/C12H9BrCl2OS/c13-12-4-7(6-17-12)11(16)5-8-9(14)2-1-3-10(8)15/h1-4,6,11,16H,5H2. The first-order valence-electron chi connectivity index (χ1n) is 4.93. The molecule has 1 heterocycles. The molecule has 1 unspecified atom stereocenters. The van der Waals surface area contributed by atoms with E-state index in [-0.39, 0.29) is 0 Å². The highest BCUT2D eigenvalue weighted by Crippen LogP contribution is 2.31. The van der Waals surface area contributed by atoms with Crippen molar-refractivity contribution >= 4 is 50.5 Å². The molecule has 0 aliphatic carbocycles. The van der Waals surface area contributed by atoms with Crippen LogP contribution in [-0.2, 0) is 6.42 Å². The number of hydrogen-bond acceptors (Lipinski definition) is 2. The molecule has 0 saturated heterocycles. The highest BCUT2D eigenvalue weighted by atomic mass is 79.9. The van der Waals surface area contributed by atoms with Gasteiger partial charge in [0.1, 0.15) is 0 Å². The summed E-state index contributed by atoms with van der Waals surface area (Å²) in [5.74, 6) is 0. The molecule has 17 heavy (non-hydrogen) atoms. The van der Waals surface area contributed by atoms with Gasteiger partial charge in [-0.05, 0) is 50.6 Å². The van der Waals surface area contributed by atoms with Crippen LogP contribution in [0.1, 0.15) is 17.2 Å². The van der Waals surface area contributed by atoms with Gasteiger partial charge >= 0.3 is 0 Å². The molecular weight excluding hydrogens is 343 g/mol. The van der Waals surface area contributed by atoms with E-state index in [0.717, 1.165) is 14.9 Å². The number of benzene rings is 1. The molecule has 1 atom stereocenters. The largest absolute Gasteiger partial charge is 0.388 e. The van der Waals surface area contributed by atoms with Crippen molar-refractivity contribution in [2.75, 3.05) is 0 Å². The van der Waals surface area contributed by atoms with Crippen LogP contribution in [0.15, 0.2) is 33.4 Å². The zero-order chi connectivity index (χ0) is 12.4. The maximum Gasteiger partial charge on any atom is 0.0839 e. The average Bonchev–Trinajstić information content (AvgIpc) is 2.70. The van der Waals surface area contributed by atoms with Crippen LogP contribution in [0.4, 0.5) is 0 Å². The quantitative estimate of drug-likeness (QED) is 0.816. The minimum Gasteiger partial charge on any atom is -0.388 e. The van der Waals surface area contributed by atoms with Crippen LogP contribution in [0, 0.1) is 0 Å². The number of hydrogen-bond donors (Lipinski definition) is 1. The SMILES string of the molecule is OC(Cc1c(Cl)cccc1Cl)c1csc(Br)c1. The van der Waals surface area contributed by atoms with Crippen LogP contribution >= 0.6 is 50.5 Å². The molecule has 0 fully saturated rings. The summed E-state index contributed by atoms with van der Waals surface area (Å²) in [6.45, 7) is 0. The molecule has 0 bridgehead atoms. The van der Waals surface area contributed by atoms with Crippen LogP contribution in [0.25, 0.3) is 0 Å². The lowest BCUT2D eigenvalue weighted by Crippen LogP contribution is -2.01. The van der Waals surface area contributed by atoms with E-state index in [1.54, 1.807) is 29.5 Å². The molecule has 0 saturated carbocycles. The van der Waals surface area contributed by atoms with Gasteiger partial charge in [-0.25, -0.2) is 0 Å². The number of halogens is 3. The number of thiophene rings is 1. The molecule has 1 aromatic carbocycles. The van der Waals surface area contributed by atoms with Gasteiger partial charge in [0.25, 0.3) is 0 Å². The topological polar surface area (TPSA) is 20.2 Å². The van der Waals surface area contributed by atoms with E-state index in [1.165, 1.54) is 0 Å². The minimum atomic E-state index is -0.588. The van der Waals surface area contributed by atoms with Crippen molar-refractivity contribution in [3.63, 3.8) is 0 Å². The van der Waals surface area contributed by atoms with Crippen LogP contribution in [-0.4, -0.2) is 5.11 Å². The van der Waals surface area contributed by atoms with Gasteiger partial charge in [-0.3, -0.25) is 0 Å². The fourth-order valence-corrected chi connectivity index (χ4v) is 3.31. The lowest BCUT2D eigenvalue weighted by molar-refractivity contribution is 0.179. The van der Waals surface area contributed by atoms with Crippen LogP contribution in [0.3, 0.4) is 0 Å². The molecule has 5 heteroatoms. The maximum absolute atomic E-state index is 10.1. The van der Waals surface area contributed by atoms with E-state index in [9.17, 15) is 5.11 Å². The Morgan fingerprint density at radius 1 is 1.29 bits per heavy atom. The lowest BCUT2D eigenvalue weighted by Gasteiger charge is -2.11. The first-order valence-corrected chi connectivity index (χ1v) is 7.35. The molecule has 0 spiro atoms. The molecular formula is C12H9BrCl2OS. The molecule has 1 nitrogen and oxygen atoms in total. The third-order valence-electron chi connectivity index (χ3n) is 2.43. The fraction of sp³-hybridized carbons (Fsp3) is 0.167. The van der Waals surface area contributed by atoms with E-state index >= 15 is 0 Å². The van der Waals surface area contributed by atoms with Crippen LogP contribution in [0.5, 0.6) is 0 Å². The van der Waals surface area contributed by atoms with E-state index in [1.807, 2.05) is 11.4 Å². The van der Waals surface area contributed by atoms with Crippen molar-refractivity contribution in [2.45, 2.75) is 12.5 Å². The molecule has 2 rings (SSSR count). The predicted molar refractivity (Wildman–Crippen MR) is 77.1 cm³/mol. The van der Waals surface area contributed by atoms with Gasteiger partial charge in [0.05, 0.1) is 9.89 Å². The summed E-state index contributed by atoms with van der Waals surface area (Å²) < 4.78 is 0.997. The second-order valence-corrected chi connectivity index (χ2v) is 6.71. The summed E-state index contributed by atoms with van der Waals surface area (Å²) >= 11 is 17.0. The van der Waals surface area contributed by atoms with Crippen molar-refractivity contribution in [1.29, 1.82) is 0 Å². The van der Waals surface area contributed by atoms with Crippen molar-refractivity contribution in [3.8, 4) is 0 Å². The van der Waals surface area contributed by atoms with E-state index in [0.29, 0.717) is 16.5 Å². The van der Waals surface area contributed by atoms with Crippen LogP contribution in [0.2, 0.25) is 10.0 Å². The second-order valence-electron chi connectivity index (χ2n) is 3.60. The third kappa shape index (κ3) is 3.24. The Morgan fingerprint density at radius 3 is 2.47 bits per heavy atom. The Bertz CT molecular complexity index is 507. The summed E-state index contributed by atoms with van der Waals surface area (Å²) in [7, 11) is 0. The van der Waals surface area contributed by atoms with Gasteiger partial charge in [0, 0.05) is 16.5 Å². The number of aliphatic hydroxyl groups excluding tert-OH is 1. The molecule has 1 N–H and O–H groups in total. The monoisotopic (exact) mass is 350 g/mol. The Labute approximate surface area is 122 Å². The van der Waals surface area contributed by atoms with Gasteiger partial charge in [-0.1, -0.05) is 29.3 Å². The van der Waals surface area contributed by atoms with Crippen molar-refractivity contribution < 1.29 is 5.11 Å². The minimum absolute atomic E-state index is 0.418. The van der Waals surface area contributed by atoms with Gasteiger partial charge in [-0.15, -0.1) is 11.3 Å². The second kappa shape index (κ2) is 5.72. The van der Waals surface area contributed by atoms with Crippen molar-refractivity contribution in [3.05, 3.63) is 54.6 Å². The smallest absolute Gasteiger partial charge is 0.0839 e. The molecule has 0 amide bonds. The van der Waals surface area contributed by atoms with Gasteiger partial charge in [0.2, 0.25) is 0 Å². The summed E-state index contributed by atoms with van der Waals surface area (Å²) in [4.78, 5) is 0.